The molecule has 2 atom stereocenters. The zero-order valence-electron chi connectivity index (χ0n) is 8.74. The van der Waals surface area contributed by atoms with E-state index in [-0.39, 0.29) is 4.41 Å². The van der Waals surface area contributed by atoms with Crippen LogP contribution in [0.25, 0.3) is 0 Å². The molecular weight excluding hydrogens is 279 g/mol. The van der Waals surface area contributed by atoms with E-state index in [1.54, 1.807) is 0 Å². The Hall–Kier alpha value is -0.940. The van der Waals surface area contributed by atoms with Crippen LogP contribution in [0.5, 0.6) is 0 Å². The van der Waals surface area contributed by atoms with E-state index in [9.17, 15) is 26.0 Å². The Balaban J connectivity index is 2.72. The van der Waals surface area contributed by atoms with Crippen LogP contribution in [0, 0.1) is 0 Å². The third-order valence-electron chi connectivity index (χ3n) is 2.02. The zero-order valence-corrected chi connectivity index (χ0v) is 10.4. The fraction of sp³-hybridized carbons (Fsp3) is 0.833. The average molecular weight is 290 g/mol. The zero-order chi connectivity index (χ0) is 13.4. The number of rotatable bonds is 2. The molecule has 0 aromatic carbocycles. The van der Waals surface area contributed by atoms with Crippen molar-refractivity contribution < 1.29 is 30.8 Å². The average Bonchev–Trinajstić information content (AvgIpc) is 2.36. The van der Waals surface area contributed by atoms with Gasteiger partial charge in [0, 0.05) is 0 Å². The Morgan fingerprint density at radius 2 is 2.00 bits per heavy atom. The highest BCUT2D eigenvalue weighted by molar-refractivity contribution is 7.91. The van der Waals surface area contributed by atoms with Crippen LogP contribution in [0.3, 0.4) is 0 Å². The van der Waals surface area contributed by atoms with Gasteiger partial charge in [0.25, 0.3) is 10.0 Å². The smallest absolute Gasteiger partial charge is 0.438 e. The van der Waals surface area contributed by atoms with E-state index in [1.807, 2.05) is 0 Å². The molecule has 0 aromatic heterocycles. The van der Waals surface area contributed by atoms with Crippen LogP contribution >= 0.6 is 0 Å². The summed E-state index contributed by atoms with van der Waals surface area (Å²) in [5.41, 5.74) is 0. The van der Waals surface area contributed by atoms with Crippen molar-refractivity contribution in [1.82, 2.24) is 4.41 Å². The van der Waals surface area contributed by atoms with E-state index < -0.39 is 49.7 Å². The summed E-state index contributed by atoms with van der Waals surface area (Å²) in [4.78, 5) is 11.1. The van der Waals surface area contributed by atoms with Gasteiger partial charge in [0.15, 0.2) is 16.0 Å². The largest absolute Gasteiger partial charge is 0.440 e. The number of amides is 1. The van der Waals surface area contributed by atoms with Gasteiger partial charge in [-0.05, 0) is 0 Å². The lowest BCUT2D eigenvalue weighted by atomic mass is 10.3. The first kappa shape index (κ1) is 14.1. The summed E-state index contributed by atoms with van der Waals surface area (Å²) in [6, 6.07) is 0. The number of sulfonamides is 1. The van der Waals surface area contributed by atoms with Crippen LogP contribution in [-0.2, 0) is 24.6 Å². The lowest BCUT2D eigenvalue weighted by molar-refractivity contribution is 0.0577. The van der Waals surface area contributed by atoms with Gasteiger partial charge in [-0.2, -0.15) is 0 Å². The highest BCUT2D eigenvalue weighted by atomic mass is 32.2. The van der Waals surface area contributed by atoms with Crippen LogP contribution in [0.2, 0.25) is 0 Å². The van der Waals surface area contributed by atoms with Crippen molar-refractivity contribution in [3.8, 4) is 0 Å². The SMILES string of the molecule is CS(=O)(=O)N(N)C(=O)OC1CS(=O)(=O)CC1F. The van der Waals surface area contributed by atoms with Crippen molar-refractivity contribution in [2.45, 2.75) is 12.3 Å². The van der Waals surface area contributed by atoms with Crippen LogP contribution in [0.1, 0.15) is 0 Å². The van der Waals surface area contributed by atoms with Crippen LogP contribution in [0.4, 0.5) is 9.18 Å². The van der Waals surface area contributed by atoms with Gasteiger partial charge in [-0.25, -0.2) is 31.9 Å². The summed E-state index contributed by atoms with van der Waals surface area (Å²) in [6.07, 6.45) is -4.28. The molecular formula is C6H11FN2O6S2. The predicted octanol–water partition coefficient (Wildman–Crippen LogP) is -1.61. The lowest BCUT2D eigenvalue weighted by Crippen LogP contribution is -2.44. The molecule has 100 valence electrons. The summed E-state index contributed by atoms with van der Waals surface area (Å²) < 4.78 is 61.0. The standard InChI is InChI=1S/C6H11FN2O6S2/c1-16(11,12)9(8)6(10)15-5-3-17(13,14)2-4(5)7/h4-5H,2-3,8H2,1H3. The number of nitrogens with two attached hydrogens (primary N) is 1. The third kappa shape index (κ3) is 3.51. The normalized spacial score (nSPS) is 27.7. The number of hydrogen-bond donors (Lipinski definition) is 1. The lowest BCUT2D eigenvalue weighted by Gasteiger charge is -2.17. The molecule has 0 aromatic rings. The molecule has 8 nitrogen and oxygen atoms in total. The Labute approximate surface area is 97.5 Å². The molecule has 2 unspecified atom stereocenters. The quantitative estimate of drug-likeness (QED) is 0.368. The second kappa shape index (κ2) is 4.38. The van der Waals surface area contributed by atoms with Crippen molar-refractivity contribution in [3.63, 3.8) is 0 Å². The summed E-state index contributed by atoms with van der Waals surface area (Å²) in [6.45, 7) is 0. The number of hydrogen-bond acceptors (Lipinski definition) is 7. The van der Waals surface area contributed by atoms with Gasteiger partial charge < -0.3 is 4.74 Å². The maximum atomic E-state index is 13.1. The summed E-state index contributed by atoms with van der Waals surface area (Å²) >= 11 is 0. The molecule has 1 heterocycles. The van der Waals surface area contributed by atoms with E-state index in [4.69, 9.17) is 5.84 Å². The highest BCUT2D eigenvalue weighted by Crippen LogP contribution is 2.19. The number of halogens is 1. The number of nitrogens with zero attached hydrogens (tertiary/aromatic N) is 1. The highest BCUT2D eigenvalue weighted by Gasteiger charge is 2.41. The number of hydrazine groups is 1. The van der Waals surface area contributed by atoms with Gasteiger partial charge in [0.2, 0.25) is 0 Å². The maximum Gasteiger partial charge on any atom is 0.438 e. The second-order valence-corrected chi connectivity index (χ2v) is 7.59. The van der Waals surface area contributed by atoms with E-state index in [0.717, 1.165) is 0 Å². The number of sulfone groups is 1. The fourth-order valence-electron chi connectivity index (χ4n) is 1.20. The van der Waals surface area contributed by atoms with Gasteiger partial charge in [0.1, 0.15) is 6.10 Å². The number of carbonyl (C=O) groups excluding carboxylic acids is 1. The monoisotopic (exact) mass is 290 g/mol. The molecule has 0 aliphatic carbocycles. The minimum Gasteiger partial charge on any atom is -0.440 e. The van der Waals surface area contributed by atoms with Crippen LogP contribution < -0.4 is 5.84 Å². The van der Waals surface area contributed by atoms with Gasteiger partial charge >= 0.3 is 6.09 Å². The van der Waals surface area contributed by atoms with Gasteiger partial charge in [-0.3, -0.25) is 0 Å². The number of alkyl halides is 1. The molecule has 0 radical (unpaired) electrons. The van der Waals surface area contributed by atoms with Crippen molar-refractivity contribution in [3.05, 3.63) is 0 Å². The van der Waals surface area contributed by atoms with E-state index in [1.165, 1.54) is 0 Å². The molecule has 1 aliphatic heterocycles. The van der Waals surface area contributed by atoms with Crippen LogP contribution in [-0.4, -0.2) is 57.4 Å². The number of carbonyl (C=O) groups is 1. The summed E-state index contributed by atoms with van der Waals surface area (Å²) in [5, 5.41) is 0. The van der Waals surface area contributed by atoms with E-state index in [0.29, 0.717) is 6.26 Å². The Morgan fingerprint density at radius 3 is 2.35 bits per heavy atom. The van der Waals surface area contributed by atoms with Gasteiger partial charge in [-0.15, -0.1) is 4.41 Å². The Morgan fingerprint density at radius 1 is 1.47 bits per heavy atom. The molecule has 0 spiro atoms. The molecule has 1 amide bonds. The summed E-state index contributed by atoms with van der Waals surface area (Å²) in [7, 11) is -7.64. The minimum absolute atomic E-state index is 0.218. The Bertz CT molecular complexity index is 515. The van der Waals surface area contributed by atoms with Crippen molar-refractivity contribution in [1.29, 1.82) is 0 Å². The molecule has 1 aliphatic rings. The van der Waals surface area contributed by atoms with E-state index >= 15 is 0 Å². The molecule has 0 saturated carbocycles. The predicted molar refractivity (Wildman–Crippen MR) is 54.7 cm³/mol. The first-order valence-corrected chi connectivity index (χ1v) is 8.00. The van der Waals surface area contributed by atoms with Gasteiger partial charge in [-0.1, -0.05) is 0 Å². The first-order chi connectivity index (χ1) is 7.53. The van der Waals surface area contributed by atoms with Crippen molar-refractivity contribution >= 4 is 26.0 Å². The first-order valence-electron chi connectivity index (χ1n) is 4.33. The molecule has 1 rings (SSSR count). The molecule has 1 saturated heterocycles. The summed E-state index contributed by atoms with van der Waals surface area (Å²) in [5.74, 6) is 3.45. The Kier molecular flexibility index (Phi) is 3.64. The van der Waals surface area contributed by atoms with E-state index in [2.05, 4.69) is 4.74 Å². The molecule has 2 N–H and O–H groups in total. The van der Waals surface area contributed by atoms with Gasteiger partial charge in [0.05, 0.1) is 17.8 Å². The molecule has 17 heavy (non-hydrogen) atoms. The second-order valence-electron chi connectivity index (χ2n) is 3.57. The fourth-order valence-corrected chi connectivity index (χ4v) is 3.12. The van der Waals surface area contributed by atoms with Crippen LogP contribution in [0.15, 0.2) is 0 Å². The topological polar surface area (TPSA) is 124 Å². The van der Waals surface area contributed by atoms with Crippen molar-refractivity contribution in [2.75, 3.05) is 17.8 Å². The number of ether oxygens (including phenoxy) is 1. The third-order valence-corrected chi connectivity index (χ3v) is 4.55. The van der Waals surface area contributed by atoms with Crippen molar-refractivity contribution in [2.24, 2.45) is 5.84 Å². The minimum atomic E-state index is -4.03. The molecule has 0 bridgehead atoms. The molecule has 1 fully saturated rings. The molecule has 11 heteroatoms. The maximum absolute atomic E-state index is 13.1.